The van der Waals surface area contributed by atoms with E-state index in [4.69, 9.17) is 9.47 Å². The van der Waals surface area contributed by atoms with Crippen molar-refractivity contribution in [2.75, 3.05) is 49.5 Å². The van der Waals surface area contributed by atoms with Crippen LogP contribution in [0.1, 0.15) is 64.3 Å². The van der Waals surface area contributed by atoms with Crippen LogP contribution in [0.25, 0.3) is 0 Å². The molecule has 2 aromatic rings. The predicted octanol–water partition coefficient (Wildman–Crippen LogP) is 4.61. The van der Waals surface area contributed by atoms with Crippen LogP contribution in [-0.4, -0.2) is 76.9 Å². The van der Waals surface area contributed by atoms with Crippen LogP contribution in [0.4, 0.5) is 21.4 Å². The molecule has 0 bridgehead atoms. The first-order valence-corrected chi connectivity index (χ1v) is 13.0. The van der Waals surface area contributed by atoms with E-state index in [1.807, 2.05) is 20.8 Å². The molecule has 2 amide bonds. The fraction of sp³-hybridized carbons (Fsp3) is 0.556. The Morgan fingerprint density at radius 2 is 1.76 bits per heavy atom. The molecule has 2 aliphatic heterocycles. The predicted molar refractivity (Wildman–Crippen MR) is 142 cm³/mol. The number of anilines is 2. The molecule has 1 aromatic carbocycles. The van der Waals surface area contributed by atoms with Crippen LogP contribution in [0.15, 0.2) is 36.5 Å². The summed E-state index contributed by atoms with van der Waals surface area (Å²) < 4.78 is 10.5. The highest BCUT2D eigenvalue weighted by atomic mass is 16.6. The Morgan fingerprint density at radius 1 is 1.08 bits per heavy atom. The van der Waals surface area contributed by atoms with Crippen molar-refractivity contribution in [2.24, 2.45) is 0 Å². The van der Waals surface area contributed by atoms with E-state index >= 15 is 0 Å². The maximum atomic E-state index is 12.4. The number of carbonyl (C=O) groups is 2. The summed E-state index contributed by atoms with van der Waals surface area (Å²) >= 11 is 0. The van der Waals surface area contributed by atoms with Crippen molar-refractivity contribution in [2.45, 2.75) is 58.7 Å². The molecule has 10 heteroatoms. The standard InChI is InChI=1S/C27H38N6O4/c1-6-22(31-13-15-32(16-14-31)25(34)37-27(3,4)5)21-9-7-20(8-10-21)19(2)29-24-28-12-11-23(30-24)33-17-18-36-26(33)35/h7-12,19,22H,6,13-18H2,1-5H3,(H,28,29,30)/t19-,22?/m0/s1. The highest BCUT2D eigenvalue weighted by molar-refractivity contribution is 5.88. The largest absolute Gasteiger partial charge is 0.447 e. The lowest BCUT2D eigenvalue weighted by Gasteiger charge is -2.39. The molecule has 3 heterocycles. The summed E-state index contributed by atoms with van der Waals surface area (Å²) in [6, 6.07) is 10.6. The zero-order valence-electron chi connectivity index (χ0n) is 22.4. The molecule has 10 nitrogen and oxygen atoms in total. The number of aromatic nitrogens is 2. The van der Waals surface area contributed by atoms with E-state index in [0.29, 0.717) is 44.0 Å². The monoisotopic (exact) mass is 510 g/mol. The van der Waals surface area contributed by atoms with Gasteiger partial charge < -0.3 is 19.7 Å². The van der Waals surface area contributed by atoms with E-state index in [0.717, 1.165) is 25.1 Å². The first-order chi connectivity index (χ1) is 17.6. The number of rotatable bonds is 7. The minimum absolute atomic E-state index is 0.0210. The van der Waals surface area contributed by atoms with Gasteiger partial charge >= 0.3 is 12.2 Å². The van der Waals surface area contributed by atoms with Crippen molar-refractivity contribution in [3.8, 4) is 0 Å². The Labute approximate surface area is 218 Å². The van der Waals surface area contributed by atoms with Crippen molar-refractivity contribution in [3.05, 3.63) is 47.7 Å². The van der Waals surface area contributed by atoms with Crippen molar-refractivity contribution in [3.63, 3.8) is 0 Å². The molecule has 1 N–H and O–H groups in total. The lowest BCUT2D eigenvalue weighted by Crippen LogP contribution is -2.50. The summed E-state index contributed by atoms with van der Waals surface area (Å²) in [5, 5.41) is 3.33. The molecule has 2 fully saturated rings. The van der Waals surface area contributed by atoms with Gasteiger partial charge in [-0.25, -0.2) is 14.6 Å². The molecule has 0 aliphatic carbocycles. The molecule has 0 saturated carbocycles. The van der Waals surface area contributed by atoms with E-state index in [-0.39, 0.29) is 18.2 Å². The lowest BCUT2D eigenvalue weighted by atomic mass is 9.98. The van der Waals surface area contributed by atoms with Gasteiger partial charge in [0.25, 0.3) is 0 Å². The van der Waals surface area contributed by atoms with Crippen LogP contribution >= 0.6 is 0 Å². The Balaban J connectivity index is 1.35. The number of ether oxygens (including phenoxy) is 2. The number of nitrogens with zero attached hydrogens (tertiary/aromatic N) is 5. The molecule has 2 aliphatic rings. The summed E-state index contributed by atoms with van der Waals surface area (Å²) in [7, 11) is 0. The highest BCUT2D eigenvalue weighted by Gasteiger charge is 2.29. The number of benzene rings is 1. The second kappa shape index (κ2) is 11.3. The third kappa shape index (κ3) is 6.68. The Kier molecular flexibility index (Phi) is 8.16. The average Bonchev–Trinajstić information content (AvgIpc) is 3.30. The molecule has 37 heavy (non-hydrogen) atoms. The van der Waals surface area contributed by atoms with Gasteiger partial charge in [0.05, 0.1) is 12.6 Å². The summed E-state index contributed by atoms with van der Waals surface area (Å²) in [6.07, 6.45) is 2.01. The van der Waals surface area contributed by atoms with E-state index in [1.54, 1.807) is 17.2 Å². The third-order valence-corrected chi connectivity index (χ3v) is 6.64. The van der Waals surface area contributed by atoms with Gasteiger partial charge in [-0.15, -0.1) is 0 Å². The number of piperazine rings is 1. The minimum atomic E-state index is -0.481. The van der Waals surface area contributed by atoms with Gasteiger partial charge in [-0.05, 0) is 51.3 Å². The summed E-state index contributed by atoms with van der Waals surface area (Å²) in [5.74, 6) is 0.989. The van der Waals surface area contributed by atoms with Gasteiger partial charge in [-0.3, -0.25) is 9.80 Å². The summed E-state index contributed by atoms with van der Waals surface area (Å²) in [6.45, 7) is 13.8. The molecular weight excluding hydrogens is 472 g/mol. The topological polar surface area (TPSA) is 100 Å². The quantitative estimate of drug-likeness (QED) is 0.576. The maximum absolute atomic E-state index is 12.4. The Morgan fingerprint density at radius 3 is 2.35 bits per heavy atom. The number of nitrogens with one attached hydrogen (secondary N) is 1. The molecule has 4 rings (SSSR count). The number of amides is 2. The van der Waals surface area contributed by atoms with Gasteiger partial charge in [0.1, 0.15) is 18.0 Å². The lowest BCUT2D eigenvalue weighted by molar-refractivity contribution is 0.00997. The zero-order valence-corrected chi connectivity index (χ0v) is 22.4. The van der Waals surface area contributed by atoms with Gasteiger partial charge in [-0.2, -0.15) is 4.98 Å². The fourth-order valence-electron chi connectivity index (χ4n) is 4.70. The number of carbonyl (C=O) groups excluding carboxylic acids is 2. The molecule has 0 spiro atoms. The van der Waals surface area contributed by atoms with Crippen molar-refractivity contribution in [1.29, 1.82) is 0 Å². The van der Waals surface area contributed by atoms with Crippen LogP contribution in [0.5, 0.6) is 0 Å². The van der Waals surface area contributed by atoms with Crippen molar-refractivity contribution in [1.82, 2.24) is 19.8 Å². The van der Waals surface area contributed by atoms with Gasteiger partial charge in [0.15, 0.2) is 0 Å². The summed E-state index contributed by atoms with van der Waals surface area (Å²) in [4.78, 5) is 38.8. The first kappa shape index (κ1) is 26.7. The molecule has 2 saturated heterocycles. The molecule has 200 valence electrons. The van der Waals surface area contributed by atoms with Crippen LogP contribution in [0.3, 0.4) is 0 Å². The van der Waals surface area contributed by atoms with Crippen LogP contribution in [-0.2, 0) is 9.47 Å². The van der Waals surface area contributed by atoms with E-state index in [9.17, 15) is 9.59 Å². The van der Waals surface area contributed by atoms with Crippen LogP contribution in [0, 0.1) is 0 Å². The van der Waals surface area contributed by atoms with Crippen LogP contribution < -0.4 is 10.2 Å². The highest BCUT2D eigenvalue weighted by Crippen LogP contribution is 2.28. The van der Waals surface area contributed by atoms with Crippen LogP contribution in [0.2, 0.25) is 0 Å². The first-order valence-electron chi connectivity index (χ1n) is 13.0. The maximum Gasteiger partial charge on any atom is 0.415 e. The molecule has 2 atom stereocenters. The van der Waals surface area contributed by atoms with Gasteiger partial charge in [-0.1, -0.05) is 31.2 Å². The summed E-state index contributed by atoms with van der Waals surface area (Å²) in [5.41, 5.74) is 1.89. The van der Waals surface area contributed by atoms with Gasteiger partial charge in [0, 0.05) is 38.4 Å². The average molecular weight is 511 g/mol. The molecule has 0 radical (unpaired) electrons. The second-order valence-electron chi connectivity index (χ2n) is 10.5. The van der Waals surface area contributed by atoms with Crippen molar-refractivity contribution < 1.29 is 19.1 Å². The minimum Gasteiger partial charge on any atom is -0.447 e. The smallest absolute Gasteiger partial charge is 0.415 e. The molecule has 1 unspecified atom stereocenters. The molecule has 1 aromatic heterocycles. The second-order valence-corrected chi connectivity index (χ2v) is 10.5. The van der Waals surface area contributed by atoms with Gasteiger partial charge in [0.2, 0.25) is 5.95 Å². The number of hydrogen-bond acceptors (Lipinski definition) is 8. The van der Waals surface area contributed by atoms with E-state index in [2.05, 4.69) is 58.3 Å². The van der Waals surface area contributed by atoms with E-state index in [1.165, 1.54) is 10.5 Å². The normalized spacial score (nSPS) is 18.4. The van der Waals surface area contributed by atoms with Crippen molar-refractivity contribution >= 4 is 24.0 Å². The third-order valence-electron chi connectivity index (χ3n) is 6.64. The zero-order chi connectivity index (χ0) is 26.6. The number of cyclic esters (lactones) is 1. The Hall–Kier alpha value is -3.40. The number of hydrogen-bond donors (Lipinski definition) is 1. The van der Waals surface area contributed by atoms with E-state index < -0.39 is 5.60 Å². The Bertz CT molecular complexity index is 1080. The SMILES string of the molecule is CCC(c1ccc([C@H](C)Nc2nccc(N3CCOC3=O)n2)cc1)N1CCN(C(=O)OC(C)(C)C)CC1. The fourth-order valence-corrected chi connectivity index (χ4v) is 4.70. The molecular formula is C27H38N6O4.